The Balaban J connectivity index is 2.22. The fourth-order valence-corrected chi connectivity index (χ4v) is 2.59. The molecule has 2 rings (SSSR count). The summed E-state index contributed by atoms with van der Waals surface area (Å²) in [6.45, 7) is 0. The van der Waals surface area contributed by atoms with Crippen molar-refractivity contribution in [1.29, 1.82) is 0 Å². The maximum absolute atomic E-state index is 12.3. The highest BCUT2D eigenvalue weighted by atomic mass is 32.2. The van der Waals surface area contributed by atoms with Crippen LogP contribution >= 0.6 is 0 Å². The van der Waals surface area contributed by atoms with Crippen molar-refractivity contribution in [2.24, 2.45) is 0 Å². The van der Waals surface area contributed by atoms with Gasteiger partial charge in [-0.15, -0.1) is 0 Å². The third-order valence-corrected chi connectivity index (χ3v) is 3.68. The van der Waals surface area contributed by atoms with E-state index in [0.717, 1.165) is 6.26 Å². The molecule has 2 N–H and O–H groups in total. The van der Waals surface area contributed by atoms with Crippen molar-refractivity contribution in [1.82, 2.24) is 0 Å². The van der Waals surface area contributed by atoms with Gasteiger partial charge in [-0.25, -0.2) is 8.42 Å². The Morgan fingerprint density at radius 1 is 1.04 bits per heavy atom. The predicted octanol–water partition coefficient (Wildman–Crippen LogP) is 2.33. The fraction of sp³-hybridized carbons (Fsp3) is 0.188. The molecule has 24 heavy (non-hydrogen) atoms. The lowest BCUT2D eigenvalue weighted by Gasteiger charge is -2.12. The summed E-state index contributed by atoms with van der Waals surface area (Å²) in [6.07, 6.45) is 1.05. The molecule has 0 saturated heterocycles. The SMILES string of the molecule is COc1cccc(C(=O)Nc2ccc(NS(C)(=O)=O)c(OC)c2)c1. The largest absolute Gasteiger partial charge is 0.497 e. The number of anilines is 2. The smallest absolute Gasteiger partial charge is 0.255 e. The first kappa shape index (κ1) is 17.6. The van der Waals surface area contributed by atoms with Gasteiger partial charge in [-0.2, -0.15) is 0 Å². The lowest BCUT2D eigenvalue weighted by atomic mass is 10.2. The molecule has 0 radical (unpaired) electrons. The highest BCUT2D eigenvalue weighted by Gasteiger charge is 2.12. The number of sulfonamides is 1. The number of methoxy groups -OCH3 is 2. The number of nitrogens with one attached hydrogen (secondary N) is 2. The maximum Gasteiger partial charge on any atom is 0.255 e. The standard InChI is InChI=1S/C16H18N2O5S/c1-22-13-6-4-5-11(9-13)16(19)17-12-7-8-14(15(10-12)23-2)18-24(3,20)21/h4-10,18H,1-3H3,(H,17,19). The molecule has 0 aliphatic carbocycles. The lowest BCUT2D eigenvalue weighted by Crippen LogP contribution is -2.13. The average molecular weight is 350 g/mol. The van der Waals surface area contributed by atoms with Crippen LogP contribution in [0.2, 0.25) is 0 Å². The monoisotopic (exact) mass is 350 g/mol. The third kappa shape index (κ3) is 4.63. The van der Waals surface area contributed by atoms with Crippen LogP contribution in [0.5, 0.6) is 11.5 Å². The van der Waals surface area contributed by atoms with Crippen LogP contribution in [-0.2, 0) is 10.0 Å². The molecular weight excluding hydrogens is 332 g/mol. The van der Waals surface area contributed by atoms with E-state index in [-0.39, 0.29) is 5.91 Å². The molecule has 0 bridgehead atoms. The van der Waals surface area contributed by atoms with E-state index in [1.165, 1.54) is 26.4 Å². The van der Waals surface area contributed by atoms with E-state index in [9.17, 15) is 13.2 Å². The van der Waals surface area contributed by atoms with Gasteiger partial charge in [0, 0.05) is 17.3 Å². The summed E-state index contributed by atoms with van der Waals surface area (Å²) in [4.78, 5) is 12.3. The molecule has 0 aliphatic heterocycles. The van der Waals surface area contributed by atoms with Gasteiger partial charge in [0.05, 0.1) is 26.2 Å². The number of carbonyl (C=O) groups excluding carboxylic acids is 1. The van der Waals surface area contributed by atoms with E-state index >= 15 is 0 Å². The topological polar surface area (TPSA) is 93.7 Å². The molecular formula is C16H18N2O5S. The van der Waals surface area contributed by atoms with E-state index in [1.807, 2.05) is 0 Å². The minimum Gasteiger partial charge on any atom is -0.497 e. The second-order valence-corrected chi connectivity index (χ2v) is 6.72. The Hall–Kier alpha value is -2.74. The second kappa shape index (κ2) is 7.22. The minimum atomic E-state index is -3.43. The normalized spacial score (nSPS) is 10.8. The third-order valence-electron chi connectivity index (χ3n) is 3.09. The maximum atomic E-state index is 12.3. The van der Waals surface area contributed by atoms with Gasteiger partial charge in [0.15, 0.2) is 0 Å². The lowest BCUT2D eigenvalue weighted by molar-refractivity contribution is 0.102. The molecule has 0 saturated carbocycles. The second-order valence-electron chi connectivity index (χ2n) is 4.98. The molecule has 0 spiro atoms. The number of carbonyl (C=O) groups is 1. The Morgan fingerprint density at radius 3 is 2.42 bits per heavy atom. The molecule has 7 nitrogen and oxygen atoms in total. The van der Waals surface area contributed by atoms with Crippen molar-refractivity contribution < 1.29 is 22.7 Å². The molecule has 1 amide bonds. The summed E-state index contributed by atoms with van der Waals surface area (Å²) in [5, 5.41) is 2.72. The first-order valence-electron chi connectivity index (χ1n) is 6.93. The Kier molecular flexibility index (Phi) is 5.30. The van der Waals surface area contributed by atoms with Crippen LogP contribution in [-0.4, -0.2) is 34.8 Å². The van der Waals surface area contributed by atoms with E-state index < -0.39 is 10.0 Å². The summed E-state index contributed by atoms with van der Waals surface area (Å²) in [7, 11) is -0.491. The Labute approximate surface area is 140 Å². The Bertz CT molecular complexity index is 849. The quantitative estimate of drug-likeness (QED) is 0.834. The predicted molar refractivity (Wildman–Crippen MR) is 92.4 cm³/mol. The molecule has 0 heterocycles. The van der Waals surface area contributed by atoms with Crippen molar-refractivity contribution in [3.05, 3.63) is 48.0 Å². The van der Waals surface area contributed by atoms with Crippen molar-refractivity contribution in [2.75, 3.05) is 30.5 Å². The molecule has 0 aromatic heterocycles. The van der Waals surface area contributed by atoms with Gasteiger partial charge in [0.25, 0.3) is 5.91 Å². The van der Waals surface area contributed by atoms with Crippen molar-refractivity contribution >= 4 is 27.3 Å². The number of benzene rings is 2. The highest BCUT2D eigenvalue weighted by molar-refractivity contribution is 7.92. The number of amides is 1. The zero-order valence-corrected chi connectivity index (χ0v) is 14.3. The van der Waals surface area contributed by atoms with Crippen LogP contribution < -0.4 is 19.5 Å². The van der Waals surface area contributed by atoms with Crippen LogP contribution in [0.15, 0.2) is 42.5 Å². The fourth-order valence-electron chi connectivity index (χ4n) is 2.02. The molecule has 2 aromatic carbocycles. The van der Waals surface area contributed by atoms with Gasteiger partial charge in [-0.1, -0.05) is 6.07 Å². The van der Waals surface area contributed by atoms with E-state index in [0.29, 0.717) is 28.4 Å². The zero-order chi connectivity index (χ0) is 17.7. The van der Waals surface area contributed by atoms with E-state index in [1.54, 1.807) is 30.3 Å². The van der Waals surface area contributed by atoms with Gasteiger partial charge in [0.1, 0.15) is 11.5 Å². The van der Waals surface area contributed by atoms with Crippen LogP contribution in [0, 0.1) is 0 Å². The number of hydrogen-bond donors (Lipinski definition) is 2. The highest BCUT2D eigenvalue weighted by Crippen LogP contribution is 2.29. The molecule has 2 aromatic rings. The van der Waals surface area contributed by atoms with Crippen LogP contribution in [0.4, 0.5) is 11.4 Å². The van der Waals surface area contributed by atoms with Crippen molar-refractivity contribution in [3.63, 3.8) is 0 Å². The van der Waals surface area contributed by atoms with Gasteiger partial charge in [0.2, 0.25) is 10.0 Å². The first-order valence-corrected chi connectivity index (χ1v) is 8.83. The average Bonchev–Trinajstić information content (AvgIpc) is 2.55. The summed E-state index contributed by atoms with van der Waals surface area (Å²) in [5.41, 5.74) is 1.20. The van der Waals surface area contributed by atoms with E-state index in [4.69, 9.17) is 9.47 Å². The van der Waals surface area contributed by atoms with Crippen molar-refractivity contribution in [3.8, 4) is 11.5 Å². The van der Waals surface area contributed by atoms with Gasteiger partial charge >= 0.3 is 0 Å². The number of hydrogen-bond acceptors (Lipinski definition) is 5. The summed E-state index contributed by atoms with van der Waals surface area (Å²) in [6, 6.07) is 11.4. The molecule has 8 heteroatoms. The van der Waals surface area contributed by atoms with Gasteiger partial charge in [-0.3, -0.25) is 9.52 Å². The first-order chi connectivity index (χ1) is 11.3. The summed E-state index contributed by atoms with van der Waals surface area (Å²) >= 11 is 0. The molecule has 128 valence electrons. The number of rotatable bonds is 6. The molecule has 0 unspecified atom stereocenters. The van der Waals surface area contributed by atoms with Gasteiger partial charge in [-0.05, 0) is 30.3 Å². The van der Waals surface area contributed by atoms with Crippen LogP contribution in [0.3, 0.4) is 0 Å². The van der Waals surface area contributed by atoms with E-state index in [2.05, 4.69) is 10.0 Å². The van der Waals surface area contributed by atoms with Crippen molar-refractivity contribution in [2.45, 2.75) is 0 Å². The molecule has 0 aliphatic rings. The summed E-state index contributed by atoms with van der Waals surface area (Å²) in [5.74, 6) is 0.552. The summed E-state index contributed by atoms with van der Waals surface area (Å²) < 4.78 is 35.2. The van der Waals surface area contributed by atoms with Crippen LogP contribution in [0.1, 0.15) is 10.4 Å². The minimum absolute atomic E-state index is 0.291. The number of ether oxygens (including phenoxy) is 2. The van der Waals surface area contributed by atoms with Crippen LogP contribution in [0.25, 0.3) is 0 Å². The Morgan fingerprint density at radius 2 is 1.79 bits per heavy atom. The molecule has 0 fully saturated rings. The zero-order valence-electron chi connectivity index (χ0n) is 13.5. The van der Waals surface area contributed by atoms with Gasteiger partial charge < -0.3 is 14.8 Å². The molecule has 0 atom stereocenters.